The summed E-state index contributed by atoms with van der Waals surface area (Å²) in [4.78, 5) is 11.6. The van der Waals surface area contributed by atoms with E-state index in [9.17, 15) is 0 Å². The zero-order valence-electron chi connectivity index (χ0n) is 3.26. The Balaban J connectivity index is -0.0000000450. The number of rotatable bonds is 1. The Kier molecular flexibility index (Phi) is 81.8. The lowest BCUT2D eigenvalue weighted by Crippen LogP contribution is -1.69. The van der Waals surface area contributed by atoms with Gasteiger partial charge in [-0.05, 0) is 0 Å². The lowest BCUT2D eigenvalue weighted by Gasteiger charge is -1.63. The first-order valence-electron chi connectivity index (χ1n) is 0.654. The van der Waals surface area contributed by atoms with E-state index in [1.807, 2.05) is 0 Å². The van der Waals surface area contributed by atoms with Crippen molar-refractivity contribution in [2.75, 3.05) is 0 Å². The molecular formula is CH8N2O3. The van der Waals surface area contributed by atoms with Gasteiger partial charge in [0.05, 0.1) is 0 Å². The third-order valence-electron chi connectivity index (χ3n) is 0.0430. The molecule has 0 rings (SSSR count). The predicted octanol–water partition coefficient (Wildman–Crippen LogP) is -0.0436. The molecular weight excluding hydrogens is 88.0 g/mol. The largest absolute Gasteiger partial charge is 0.344 e. The van der Waals surface area contributed by atoms with Crippen LogP contribution in [0.1, 0.15) is 0 Å². The maximum absolute atomic E-state index is 8.70. The topological polar surface area (TPSA) is 117 Å². The second-order valence-corrected chi connectivity index (χ2v) is 0.202. The van der Waals surface area contributed by atoms with Gasteiger partial charge in [-0.15, -0.1) is 0 Å². The normalized spacial score (nSPS) is 3.50. The molecule has 0 spiro atoms. The molecule has 0 atom stereocenters. The first kappa shape index (κ1) is 18.3. The SMILES string of the molecule is N.N.O=COO. The summed E-state index contributed by atoms with van der Waals surface area (Å²) in [6.07, 6.45) is 0. The van der Waals surface area contributed by atoms with Crippen LogP contribution >= 0.6 is 0 Å². The van der Waals surface area contributed by atoms with Gasteiger partial charge < -0.3 is 17.2 Å². The summed E-state index contributed by atoms with van der Waals surface area (Å²) in [7, 11) is 0. The summed E-state index contributed by atoms with van der Waals surface area (Å²) in [5.41, 5.74) is 0. The van der Waals surface area contributed by atoms with Gasteiger partial charge in [0.1, 0.15) is 0 Å². The van der Waals surface area contributed by atoms with Gasteiger partial charge in [-0.2, -0.15) is 0 Å². The highest BCUT2D eigenvalue weighted by Crippen LogP contribution is 1.33. The van der Waals surface area contributed by atoms with E-state index in [4.69, 9.17) is 10.1 Å². The van der Waals surface area contributed by atoms with Crippen molar-refractivity contribution in [3.8, 4) is 0 Å². The van der Waals surface area contributed by atoms with Crippen LogP contribution in [0, 0.1) is 0 Å². The van der Waals surface area contributed by atoms with E-state index in [2.05, 4.69) is 4.89 Å². The first-order valence-corrected chi connectivity index (χ1v) is 0.654. The average Bonchev–Trinajstić information content (AvgIpc) is 1.37. The average molecular weight is 96.1 g/mol. The lowest BCUT2D eigenvalue weighted by molar-refractivity contribution is -0.217. The van der Waals surface area contributed by atoms with Gasteiger partial charge in [-0.1, -0.05) is 0 Å². The maximum atomic E-state index is 8.70. The molecule has 40 valence electrons. The standard InChI is InChI=1S/CH2O3.2H3N/c2-1-4-3;;/h1,3H;2*1H3. The zero-order chi connectivity index (χ0) is 3.41. The van der Waals surface area contributed by atoms with Crippen molar-refractivity contribution in [1.29, 1.82) is 0 Å². The van der Waals surface area contributed by atoms with Crippen molar-refractivity contribution in [2.24, 2.45) is 0 Å². The highest BCUT2D eigenvalue weighted by atomic mass is 17.1. The second kappa shape index (κ2) is 26.8. The third kappa shape index (κ3) is 151. The summed E-state index contributed by atoms with van der Waals surface area (Å²) in [6, 6.07) is 0. The molecule has 0 aliphatic heterocycles. The third-order valence-corrected chi connectivity index (χ3v) is 0.0430. The fourth-order valence-electron chi connectivity index (χ4n) is 0. The molecule has 0 amide bonds. The summed E-state index contributed by atoms with van der Waals surface area (Å²) >= 11 is 0. The van der Waals surface area contributed by atoms with Crippen molar-refractivity contribution < 1.29 is 14.9 Å². The molecule has 6 heavy (non-hydrogen) atoms. The van der Waals surface area contributed by atoms with Gasteiger partial charge in [0.25, 0.3) is 0 Å². The molecule has 0 fully saturated rings. The number of carbonyl (C=O) groups is 1. The fourth-order valence-corrected chi connectivity index (χ4v) is 0. The highest BCUT2D eigenvalue weighted by molar-refractivity contribution is 5.35. The van der Waals surface area contributed by atoms with Crippen molar-refractivity contribution in [1.82, 2.24) is 12.3 Å². The minimum Gasteiger partial charge on any atom is -0.344 e. The van der Waals surface area contributed by atoms with Crippen molar-refractivity contribution >= 4 is 6.47 Å². The van der Waals surface area contributed by atoms with Crippen molar-refractivity contribution in [3.05, 3.63) is 0 Å². The molecule has 0 saturated carbocycles. The van der Waals surface area contributed by atoms with E-state index in [0.717, 1.165) is 0 Å². The Hall–Kier alpha value is -0.650. The van der Waals surface area contributed by atoms with Crippen LogP contribution in [0.4, 0.5) is 0 Å². The highest BCUT2D eigenvalue weighted by Gasteiger charge is 1.47. The van der Waals surface area contributed by atoms with Crippen LogP contribution in [0.15, 0.2) is 0 Å². The van der Waals surface area contributed by atoms with Crippen molar-refractivity contribution in [3.63, 3.8) is 0 Å². The Morgan fingerprint density at radius 2 is 1.67 bits per heavy atom. The van der Waals surface area contributed by atoms with Crippen molar-refractivity contribution in [2.45, 2.75) is 0 Å². The van der Waals surface area contributed by atoms with Gasteiger partial charge in [0, 0.05) is 0 Å². The van der Waals surface area contributed by atoms with E-state index in [-0.39, 0.29) is 18.8 Å². The lowest BCUT2D eigenvalue weighted by atomic mass is 11.7. The zero-order valence-corrected chi connectivity index (χ0v) is 3.26. The molecule has 5 heteroatoms. The quantitative estimate of drug-likeness (QED) is 0.240. The monoisotopic (exact) mass is 96.1 g/mol. The molecule has 0 aromatic carbocycles. The van der Waals surface area contributed by atoms with Crippen LogP contribution in [-0.2, 0) is 9.68 Å². The molecule has 0 unspecified atom stereocenters. The molecule has 0 aliphatic rings. The molecule has 7 N–H and O–H groups in total. The summed E-state index contributed by atoms with van der Waals surface area (Å²) in [6.45, 7) is -0.0694. The second-order valence-electron chi connectivity index (χ2n) is 0.202. The van der Waals surface area contributed by atoms with Crippen LogP contribution in [0.2, 0.25) is 0 Å². The molecule has 5 nitrogen and oxygen atoms in total. The minimum absolute atomic E-state index is 0. The number of hydrogen-bond donors (Lipinski definition) is 3. The van der Waals surface area contributed by atoms with Gasteiger partial charge in [0.15, 0.2) is 0 Å². The van der Waals surface area contributed by atoms with Gasteiger partial charge in [-0.25, -0.2) is 5.26 Å². The Labute approximate surface area is 35.0 Å². The van der Waals surface area contributed by atoms with Crippen LogP contribution in [0.5, 0.6) is 0 Å². The Bertz CT molecular complexity index is 22.8. The summed E-state index contributed by atoms with van der Waals surface area (Å²) in [5.74, 6) is 0. The first-order chi connectivity index (χ1) is 1.91. The fraction of sp³-hybridized carbons (Fsp3) is 0. The van der Waals surface area contributed by atoms with Gasteiger partial charge in [-0.3, -0.25) is 4.79 Å². The Morgan fingerprint density at radius 1 is 1.50 bits per heavy atom. The van der Waals surface area contributed by atoms with Crippen LogP contribution in [0.3, 0.4) is 0 Å². The summed E-state index contributed by atoms with van der Waals surface area (Å²) in [5, 5.41) is 7.01. The maximum Gasteiger partial charge on any atom is 0.330 e. The molecule has 0 saturated heterocycles. The smallest absolute Gasteiger partial charge is 0.330 e. The van der Waals surface area contributed by atoms with Gasteiger partial charge >= 0.3 is 6.47 Å². The summed E-state index contributed by atoms with van der Waals surface area (Å²) < 4.78 is 0. The van der Waals surface area contributed by atoms with E-state index in [1.165, 1.54) is 0 Å². The Morgan fingerprint density at radius 3 is 1.67 bits per heavy atom. The van der Waals surface area contributed by atoms with Crippen LogP contribution < -0.4 is 12.3 Å². The van der Waals surface area contributed by atoms with E-state index in [0.29, 0.717) is 0 Å². The molecule has 0 heterocycles. The molecule has 0 aromatic rings. The predicted molar refractivity (Wildman–Crippen MR) is 19.8 cm³/mol. The number of hydrogen-bond acceptors (Lipinski definition) is 5. The van der Waals surface area contributed by atoms with E-state index < -0.39 is 0 Å². The van der Waals surface area contributed by atoms with E-state index in [1.54, 1.807) is 0 Å². The number of carbonyl (C=O) groups excluding carboxylic acids is 1. The van der Waals surface area contributed by atoms with Gasteiger partial charge in [0.2, 0.25) is 0 Å². The van der Waals surface area contributed by atoms with Crippen LogP contribution in [0.25, 0.3) is 0 Å². The molecule has 0 radical (unpaired) electrons. The minimum atomic E-state index is -0.0694. The molecule has 0 aliphatic carbocycles. The molecule has 0 bridgehead atoms. The molecule has 0 aromatic heterocycles. The van der Waals surface area contributed by atoms with Crippen LogP contribution in [-0.4, -0.2) is 11.7 Å². The van der Waals surface area contributed by atoms with E-state index >= 15 is 0 Å².